The molecule has 1 unspecified atom stereocenters. The highest BCUT2D eigenvalue weighted by Crippen LogP contribution is 2.29. The van der Waals surface area contributed by atoms with Gasteiger partial charge in [-0.3, -0.25) is 4.68 Å². The molecular weight excluding hydrogens is 323 g/mol. The Kier molecular flexibility index (Phi) is 5.32. The summed E-state index contributed by atoms with van der Waals surface area (Å²) in [6, 6.07) is 6.80. The number of hydrogen-bond donors (Lipinski definition) is 1. The first kappa shape index (κ1) is 16.6. The van der Waals surface area contributed by atoms with E-state index in [-0.39, 0.29) is 12.1 Å². The summed E-state index contributed by atoms with van der Waals surface area (Å²) in [4.78, 5) is 13.8. The molecule has 0 aliphatic carbocycles. The normalized spacial score (nSPS) is 12.0. The minimum absolute atomic E-state index is 0.200. The lowest BCUT2D eigenvalue weighted by Crippen LogP contribution is -2.38. The highest BCUT2D eigenvalue weighted by atomic mass is 35.5. The largest absolute Gasteiger partial charge is 0.331 e. The van der Waals surface area contributed by atoms with Gasteiger partial charge in [0, 0.05) is 20.3 Å². The van der Waals surface area contributed by atoms with Gasteiger partial charge in [-0.05, 0) is 24.6 Å². The molecule has 1 atom stereocenters. The summed E-state index contributed by atoms with van der Waals surface area (Å²) in [6.07, 6.45) is 1.84. The van der Waals surface area contributed by atoms with Gasteiger partial charge in [-0.1, -0.05) is 35.3 Å². The molecular formula is C15H18Cl2N4O. The fourth-order valence-corrected chi connectivity index (χ4v) is 2.56. The van der Waals surface area contributed by atoms with Crippen molar-refractivity contribution < 1.29 is 4.79 Å². The summed E-state index contributed by atoms with van der Waals surface area (Å²) in [6.45, 7) is 2.30. The first-order valence-electron chi connectivity index (χ1n) is 6.82. The number of benzene rings is 1. The standard InChI is InChI=1S/C15H18Cl2N4O/c1-10(12-5-4-6-13(16)14(12)17)18-15(22)20(2)9-11-7-8-21(3)19-11/h4-8,10H,9H2,1-3H3,(H,18,22). The van der Waals surface area contributed by atoms with Gasteiger partial charge >= 0.3 is 6.03 Å². The lowest BCUT2D eigenvalue weighted by atomic mass is 10.1. The second-order valence-electron chi connectivity index (χ2n) is 5.15. The van der Waals surface area contributed by atoms with Crippen molar-refractivity contribution in [1.82, 2.24) is 20.0 Å². The second-order valence-corrected chi connectivity index (χ2v) is 5.94. The van der Waals surface area contributed by atoms with Gasteiger partial charge < -0.3 is 10.2 Å². The van der Waals surface area contributed by atoms with E-state index in [4.69, 9.17) is 23.2 Å². The molecule has 0 aliphatic rings. The molecule has 22 heavy (non-hydrogen) atoms. The Morgan fingerprint density at radius 2 is 2.14 bits per heavy atom. The fourth-order valence-electron chi connectivity index (χ4n) is 2.09. The van der Waals surface area contributed by atoms with E-state index in [9.17, 15) is 4.79 Å². The third kappa shape index (κ3) is 3.93. The zero-order valence-corrected chi connectivity index (χ0v) is 14.2. The molecule has 7 heteroatoms. The summed E-state index contributed by atoms with van der Waals surface area (Å²) >= 11 is 12.2. The SMILES string of the molecule is CC(NC(=O)N(C)Cc1ccn(C)n1)c1cccc(Cl)c1Cl. The topological polar surface area (TPSA) is 50.2 Å². The number of hydrogen-bond acceptors (Lipinski definition) is 2. The molecule has 1 heterocycles. The van der Waals surface area contributed by atoms with Crippen molar-refractivity contribution >= 4 is 29.2 Å². The molecule has 0 bridgehead atoms. The van der Waals surface area contributed by atoms with E-state index in [1.807, 2.05) is 38.4 Å². The molecule has 0 spiro atoms. The van der Waals surface area contributed by atoms with Crippen LogP contribution in [0.2, 0.25) is 10.0 Å². The molecule has 118 valence electrons. The Hall–Kier alpha value is -1.72. The number of aryl methyl sites for hydroxylation is 1. The van der Waals surface area contributed by atoms with Crippen LogP contribution in [0, 0.1) is 0 Å². The Labute approximate surface area is 139 Å². The summed E-state index contributed by atoms with van der Waals surface area (Å²) < 4.78 is 1.70. The van der Waals surface area contributed by atoms with Crippen molar-refractivity contribution in [3.63, 3.8) is 0 Å². The smallest absolute Gasteiger partial charge is 0.317 e. The van der Waals surface area contributed by atoms with Crippen LogP contribution in [0.3, 0.4) is 0 Å². The lowest BCUT2D eigenvalue weighted by molar-refractivity contribution is 0.203. The maximum atomic E-state index is 12.2. The van der Waals surface area contributed by atoms with E-state index >= 15 is 0 Å². The van der Waals surface area contributed by atoms with Crippen molar-refractivity contribution in [1.29, 1.82) is 0 Å². The molecule has 1 N–H and O–H groups in total. The highest BCUT2D eigenvalue weighted by Gasteiger charge is 2.17. The number of nitrogens with zero attached hydrogens (tertiary/aromatic N) is 3. The monoisotopic (exact) mass is 340 g/mol. The lowest BCUT2D eigenvalue weighted by Gasteiger charge is -2.21. The summed E-state index contributed by atoms with van der Waals surface area (Å²) in [5.74, 6) is 0. The van der Waals surface area contributed by atoms with Gasteiger partial charge in [0.25, 0.3) is 0 Å². The molecule has 0 saturated heterocycles. The van der Waals surface area contributed by atoms with Crippen LogP contribution in [0.15, 0.2) is 30.5 Å². The fraction of sp³-hybridized carbons (Fsp3) is 0.333. The van der Waals surface area contributed by atoms with Gasteiger partial charge in [-0.25, -0.2) is 4.79 Å². The van der Waals surface area contributed by atoms with Crippen LogP contribution in [0.25, 0.3) is 0 Å². The molecule has 0 fully saturated rings. The minimum Gasteiger partial charge on any atom is -0.331 e. The molecule has 2 aromatic rings. The van der Waals surface area contributed by atoms with Crippen LogP contribution in [-0.2, 0) is 13.6 Å². The van der Waals surface area contributed by atoms with E-state index < -0.39 is 0 Å². The predicted octanol–water partition coefficient (Wildman–Crippen LogP) is 3.63. The van der Waals surface area contributed by atoms with Crippen molar-refractivity contribution in [3.05, 3.63) is 51.8 Å². The van der Waals surface area contributed by atoms with E-state index in [1.54, 1.807) is 22.7 Å². The minimum atomic E-state index is -0.245. The number of carbonyl (C=O) groups excluding carboxylic acids is 1. The molecule has 2 rings (SSSR count). The Morgan fingerprint density at radius 3 is 2.77 bits per heavy atom. The summed E-state index contributed by atoms with van der Waals surface area (Å²) in [5.41, 5.74) is 1.61. The molecule has 0 aliphatic heterocycles. The van der Waals surface area contributed by atoms with Crippen LogP contribution < -0.4 is 5.32 Å². The van der Waals surface area contributed by atoms with Crippen LogP contribution in [0.1, 0.15) is 24.2 Å². The molecule has 0 radical (unpaired) electrons. The number of halogens is 2. The molecule has 1 aromatic carbocycles. The number of nitrogens with one attached hydrogen (secondary N) is 1. The van der Waals surface area contributed by atoms with Gasteiger partial charge in [-0.2, -0.15) is 5.10 Å². The number of rotatable bonds is 4. The average molecular weight is 341 g/mol. The quantitative estimate of drug-likeness (QED) is 0.923. The third-order valence-corrected chi connectivity index (χ3v) is 4.14. The van der Waals surface area contributed by atoms with Crippen LogP contribution >= 0.6 is 23.2 Å². The van der Waals surface area contributed by atoms with E-state index in [1.165, 1.54) is 0 Å². The maximum Gasteiger partial charge on any atom is 0.317 e. The number of amides is 2. The van der Waals surface area contributed by atoms with Gasteiger partial charge in [0.05, 0.1) is 28.3 Å². The van der Waals surface area contributed by atoms with Crippen LogP contribution in [-0.4, -0.2) is 27.8 Å². The molecule has 5 nitrogen and oxygen atoms in total. The average Bonchev–Trinajstić information content (AvgIpc) is 2.86. The van der Waals surface area contributed by atoms with Gasteiger partial charge in [-0.15, -0.1) is 0 Å². The zero-order valence-electron chi connectivity index (χ0n) is 12.7. The molecule has 2 amide bonds. The van der Waals surface area contributed by atoms with E-state index in [0.29, 0.717) is 16.6 Å². The zero-order chi connectivity index (χ0) is 16.3. The van der Waals surface area contributed by atoms with Crippen molar-refractivity contribution in [2.45, 2.75) is 19.5 Å². The molecule has 0 saturated carbocycles. The Morgan fingerprint density at radius 1 is 1.41 bits per heavy atom. The molecule has 1 aromatic heterocycles. The van der Waals surface area contributed by atoms with Gasteiger partial charge in [0.2, 0.25) is 0 Å². The van der Waals surface area contributed by atoms with Crippen LogP contribution in [0.4, 0.5) is 4.79 Å². The first-order chi connectivity index (χ1) is 10.4. The number of urea groups is 1. The maximum absolute atomic E-state index is 12.2. The van der Waals surface area contributed by atoms with Crippen molar-refractivity contribution in [3.8, 4) is 0 Å². The number of aromatic nitrogens is 2. The summed E-state index contributed by atoms with van der Waals surface area (Å²) in [5, 5.41) is 8.09. The van der Waals surface area contributed by atoms with Crippen molar-refractivity contribution in [2.24, 2.45) is 7.05 Å². The Bertz CT molecular complexity index is 671. The third-order valence-electron chi connectivity index (χ3n) is 3.30. The Balaban J connectivity index is 2.00. The van der Waals surface area contributed by atoms with Gasteiger partial charge in [0.1, 0.15) is 0 Å². The second kappa shape index (κ2) is 7.03. The van der Waals surface area contributed by atoms with Crippen molar-refractivity contribution in [2.75, 3.05) is 7.05 Å². The summed E-state index contributed by atoms with van der Waals surface area (Å²) in [7, 11) is 3.56. The number of carbonyl (C=O) groups is 1. The first-order valence-corrected chi connectivity index (χ1v) is 7.58. The predicted molar refractivity (Wildman–Crippen MR) is 88.1 cm³/mol. The van der Waals surface area contributed by atoms with Gasteiger partial charge in [0.15, 0.2) is 0 Å². The van der Waals surface area contributed by atoms with Crippen LogP contribution in [0.5, 0.6) is 0 Å². The highest BCUT2D eigenvalue weighted by molar-refractivity contribution is 6.42. The van der Waals surface area contributed by atoms with E-state index in [2.05, 4.69) is 10.4 Å². The van der Waals surface area contributed by atoms with E-state index in [0.717, 1.165) is 11.3 Å².